The fourth-order valence-corrected chi connectivity index (χ4v) is 4.83. The molecule has 0 bridgehead atoms. The summed E-state index contributed by atoms with van der Waals surface area (Å²) in [6, 6.07) is 1.63. The van der Waals surface area contributed by atoms with E-state index in [1.807, 2.05) is 20.8 Å². The van der Waals surface area contributed by atoms with Gasteiger partial charge in [0.25, 0.3) is 0 Å². The lowest BCUT2D eigenvalue weighted by atomic mass is 9.82. The highest BCUT2D eigenvalue weighted by molar-refractivity contribution is 7.57. The van der Waals surface area contributed by atoms with Gasteiger partial charge in [0.2, 0.25) is 5.91 Å². The molecular formula is C22H32NO5PS. The molecule has 2 rings (SSSR count). The first-order chi connectivity index (χ1) is 13.8. The second kappa shape index (κ2) is 9.68. The van der Waals surface area contributed by atoms with Gasteiger partial charge in [0.1, 0.15) is 4.88 Å². The van der Waals surface area contributed by atoms with Crippen molar-refractivity contribution in [2.24, 2.45) is 17.3 Å². The molecule has 1 amide bonds. The smallest absolute Gasteiger partial charge is 0.348 e. The highest BCUT2D eigenvalue weighted by Gasteiger charge is 2.32. The minimum atomic E-state index is -3.36. The number of aromatic carboxylic acids is 1. The van der Waals surface area contributed by atoms with Gasteiger partial charge >= 0.3 is 5.97 Å². The first-order valence-electron chi connectivity index (χ1n) is 10.3. The summed E-state index contributed by atoms with van der Waals surface area (Å²) in [5, 5.41) is 9.73. The topological polar surface area (TPSA) is 94.9 Å². The molecule has 1 aromatic rings. The number of carboxylic acids is 1. The maximum atomic E-state index is 13.4. The summed E-state index contributed by atoms with van der Waals surface area (Å²) in [4.78, 5) is 37.1. The molecule has 1 unspecified atom stereocenters. The van der Waals surface area contributed by atoms with Crippen molar-refractivity contribution in [3.8, 4) is 11.8 Å². The van der Waals surface area contributed by atoms with E-state index in [0.29, 0.717) is 10.8 Å². The standard InChI is InChI=1S/C22H32NO5PS/c1-15-6-8-16(9-7-15)20(24)23(12-13-29(5,27)28)18-14-17(10-11-22(2,3)4)30-19(18)21(25)26/h14-16H,6-9,12-13H2,1-5H3,(H,25,26)(H,27,28)/t15-,16-. The molecule has 166 valence electrons. The van der Waals surface area contributed by atoms with Gasteiger partial charge in [0.15, 0.2) is 7.37 Å². The van der Waals surface area contributed by atoms with E-state index in [4.69, 9.17) is 0 Å². The number of thiophene rings is 1. The van der Waals surface area contributed by atoms with Crippen LogP contribution in [0.3, 0.4) is 0 Å². The maximum Gasteiger partial charge on any atom is 0.348 e. The van der Waals surface area contributed by atoms with Crippen molar-refractivity contribution in [1.29, 1.82) is 0 Å². The summed E-state index contributed by atoms with van der Waals surface area (Å²) < 4.78 is 11.9. The number of rotatable bonds is 6. The highest BCUT2D eigenvalue weighted by Crippen LogP contribution is 2.38. The number of carbonyl (C=O) groups excluding carboxylic acids is 1. The molecule has 1 aromatic heterocycles. The lowest BCUT2D eigenvalue weighted by molar-refractivity contribution is -0.123. The Morgan fingerprint density at radius 3 is 2.37 bits per heavy atom. The Morgan fingerprint density at radius 2 is 1.87 bits per heavy atom. The molecule has 1 saturated carbocycles. The second-order valence-electron chi connectivity index (χ2n) is 9.35. The molecule has 1 fully saturated rings. The first kappa shape index (κ1) is 24.7. The summed E-state index contributed by atoms with van der Waals surface area (Å²) in [7, 11) is -3.36. The lowest BCUT2D eigenvalue weighted by Crippen LogP contribution is -2.40. The molecule has 30 heavy (non-hydrogen) atoms. The van der Waals surface area contributed by atoms with Crippen LogP contribution in [0.1, 0.15) is 67.9 Å². The van der Waals surface area contributed by atoms with Gasteiger partial charge in [0, 0.05) is 30.7 Å². The second-order valence-corrected chi connectivity index (χ2v) is 13.0. The maximum absolute atomic E-state index is 13.4. The third kappa shape index (κ3) is 7.27. The Kier molecular flexibility index (Phi) is 7.96. The molecule has 0 aromatic carbocycles. The number of carbonyl (C=O) groups is 2. The van der Waals surface area contributed by atoms with Crippen LogP contribution in [-0.2, 0) is 9.36 Å². The Morgan fingerprint density at radius 1 is 1.27 bits per heavy atom. The average Bonchev–Trinajstić information content (AvgIpc) is 3.03. The van der Waals surface area contributed by atoms with Gasteiger partial charge in [-0.3, -0.25) is 9.36 Å². The van der Waals surface area contributed by atoms with E-state index in [9.17, 15) is 24.2 Å². The van der Waals surface area contributed by atoms with E-state index in [1.54, 1.807) is 6.07 Å². The molecule has 6 nitrogen and oxygen atoms in total. The van der Waals surface area contributed by atoms with Gasteiger partial charge in [-0.05, 0) is 58.4 Å². The fourth-order valence-electron chi connectivity index (χ4n) is 3.41. The van der Waals surface area contributed by atoms with Gasteiger partial charge in [0.05, 0.1) is 10.6 Å². The summed E-state index contributed by atoms with van der Waals surface area (Å²) in [6.45, 7) is 9.33. The van der Waals surface area contributed by atoms with Gasteiger partial charge in [-0.15, -0.1) is 11.3 Å². The van der Waals surface area contributed by atoms with Crippen LogP contribution in [0, 0.1) is 29.1 Å². The van der Waals surface area contributed by atoms with Gasteiger partial charge in [-0.25, -0.2) is 4.79 Å². The molecule has 8 heteroatoms. The number of hydrogen-bond acceptors (Lipinski definition) is 4. The molecule has 0 radical (unpaired) electrons. The van der Waals surface area contributed by atoms with Crippen LogP contribution in [0.4, 0.5) is 5.69 Å². The molecule has 2 N–H and O–H groups in total. The first-order valence-corrected chi connectivity index (χ1v) is 13.4. The Bertz CT molecular complexity index is 891. The van der Waals surface area contributed by atoms with E-state index in [-0.39, 0.29) is 40.5 Å². The minimum Gasteiger partial charge on any atom is -0.477 e. The third-order valence-electron chi connectivity index (χ3n) is 5.13. The van der Waals surface area contributed by atoms with E-state index >= 15 is 0 Å². The summed E-state index contributed by atoms with van der Waals surface area (Å²) in [6.07, 6.45) is 3.33. The number of anilines is 1. The number of carboxylic acid groups (broad SMARTS) is 1. The molecule has 0 aliphatic heterocycles. The van der Waals surface area contributed by atoms with E-state index in [2.05, 4.69) is 18.8 Å². The highest BCUT2D eigenvalue weighted by atomic mass is 32.1. The third-order valence-corrected chi connectivity index (χ3v) is 7.19. The van der Waals surface area contributed by atoms with E-state index in [1.165, 1.54) is 11.6 Å². The predicted octanol–water partition coefficient (Wildman–Crippen LogP) is 4.90. The summed E-state index contributed by atoms with van der Waals surface area (Å²) >= 11 is 1.04. The van der Waals surface area contributed by atoms with Crippen molar-refractivity contribution in [2.45, 2.75) is 53.4 Å². The van der Waals surface area contributed by atoms with Crippen molar-refractivity contribution in [3.05, 3.63) is 15.8 Å². The molecule has 1 atom stereocenters. The van der Waals surface area contributed by atoms with Crippen LogP contribution >= 0.6 is 18.7 Å². The average molecular weight is 454 g/mol. The Labute approximate surface area is 183 Å². The number of amides is 1. The van der Waals surface area contributed by atoms with Crippen LogP contribution in [-0.4, -0.2) is 41.2 Å². The molecule has 0 spiro atoms. The van der Waals surface area contributed by atoms with Crippen LogP contribution < -0.4 is 4.90 Å². The van der Waals surface area contributed by atoms with Crippen molar-refractivity contribution < 1.29 is 24.2 Å². The van der Waals surface area contributed by atoms with Crippen molar-refractivity contribution >= 4 is 36.3 Å². The van der Waals surface area contributed by atoms with Crippen molar-refractivity contribution in [3.63, 3.8) is 0 Å². The lowest BCUT2D eigenvalue weighted by Gasteiger charge is -2.31. The number of hydrogen-bond donors (Lipinski definition) is 2. The van der Waals surface area contributed by atoms with Crippen LogP contribution in [0.2, 0.25) is 0 Å². The monoisotopic (exact) mass is 453 g/mol. The number of nitrogens with zero attached hydrogens (tertiary/aromatic N) is 1. The zero-order valence-electron chi connectivity index (χ0n) is 18.4. The molecule has 0 saturated heterocycles. The van der Waals surface area contributed by atoms with Crippen LogP contribution in [0.15, 0.2) is 6.07 Å². The van der Waals surface area contributed by atoms with Crippen molar-refractivity contribution in [1.82, 2.24) is 0 Å². The van der Waals surface area contributed by atoms with E-state index in [0.717, 1.165) is 37.0 Å². The molecular weight excluding hydrogens is 421 g/mol. The van der Waals surface area contributed by atoms with Crippen molar-refractivity contribution in [2.75, 3.05) is 24.3 Å². The Hall–Kier alpha value is -1.61. The van der Waals surface area contributed by atoms with Gasteiger partial charge in [-0.1, -0.05) is 18.8 Å². The largest absolute Gasteiger partial charge is 0.477 e. The molecule has 1 aliphatic carbocycles. The molecule has 1 aliphatic rings. The zero-order chi connectivity index (χ0) is 22.7. The fraction of sp³-hybridized carbons (Fsp3) is 0.636. The van der Waals surface area contributed by atoms with Crippen LogP contribution in [0.25, 0.3) is 0 Å². The molecule has 1 heterocycles. The minimum absolute atomic E-state index is 0.0122. The predicted molar refractivity (Wildman–Crippen MR) is 122 cm³/mol. The Balaban J connectivity index is 2.44. The quantitative estimate of drug-likeness (QED) is 0.472. The normalized spacial score (nSPS) is 21.3. The van der Waals surface area contributed by atoms with Crippen LogP contribution in [0.5, 0.6) is 0 Å². The zero-order valence-corrected chi connectivity index (χ0v) is 20.1. The van der Waals surface area contributed by atoms with Gasteiger partial charge in [-0.2, -0.15) is 0 Å². The SMILES string of the molecule is CC(C)(C)C#Cc1cc(N(CCP(C)(=O)O)C(=O)[C@H]2CC[C@H](C)CC2)c(C(=O)O)s1. The van der Waals surface area contributed by atoms with Gasteiger partial charge < -0.3 is 14.9 Å². The summed E-state index contributed by atoms with van der Waals surface area (Å²) in [5.41, 5.74) is 0.0379. The van der Waals surface area contributed by atoms with E-state index < -0.39 is 13.3 Å². The summed E-state index contributed by atoms with van der Waals surface area (Å²) in [5.74, 6) is 5.20.